The van der Waals surface area contributed by atoms with Gasteiger partial charge in [-0.3, -0.25) is 4.79 Å². The molecule has 3 heteroatoms. The summed E-state index contributed by atoms with van der Waals surface area (Å²) in [5.41, 5.74) is 7.02. The highest BCUT2D eigenvalue weighted by Crippen LogP contribution is 2.30. The van der Waals surface area contributed by atoms with E-state index in [2.05, 4.69) is 12.2 Å². The van der Waals surface area contributed by atoms with Gasteiger partial charge in [-0.2, -0.15) is 0 Å². The van der Waals surface area contributed by atoms with E-state index in [1.165, 1.54) is 6.42 Å². The first kappa shape index (κ1) is 12.1. The van der Waals surface area contributed by atoms with Gasteiger partial charge >= 0.3 is 0 Å². The minimum absolute atomic E-state index is 0.00854. The van der Waals surface area contributed by atoms with Crippen LogP contribution in [0.25, 0.3) is 0 Å². The summed E-state index contributed by atoms with van der Waals surface area (Å²) in [7, 11) is 0. The first-order valence-corrected chi connectivity index (χ1v) is 6.21. The van der Waals surface area contributed by atoms with Crippen LogP contribution in [0.1, 0.15) is 31.7 Å². The number of rotatable bonds is 4. The number of carbonyl (C=O) groups excluding carboxylic acids is 1. The smallest absolute Gasteiger partial charge is 0.237 e. The Labute approximate surface area is 102 Å². The van der Waals surface area contributed by atoms with Crippen molar-refractivity contribution in [3.8, 4) is 0 Å². The second kappa shape index (κ2) is 4.88. The molecule has 0 bridgehead atoms. The Morgan fingerprint density at radius 1 is 1.41 bits per heavy atom. The van der Waals surface area contributed by atoms with E-state index < -0.39 is 6.04 Å². The van der Waals surface area contributed by atoms with Crippen LogP contribution >= 0.6 is 0 Å². The molecule has 1 amide bonds. The molecule has 1 aliphatic rings. The number of hydrogen-bond acceptors (Lipinski definition) is 2. The lowest BCUT2D eigenvalue weighted by atomic mass is 9.78. The number of carbonyl (C=O) groups is 1. The summed E-state index contributed by atoms with van der Waals surface area (Å²) in [5.74, 6) is -0.0314. The quantitative estimate of drug-likeness (QED) is 0.828. The summed E-state index contributed by atoms with van der Waals surface area (Å²) in [6.45, 7) is 2.09. The summed E-state index contributed by atoms with van der Waals surface area (Å²) >= 11 is 0. The average molecular weight is 232 g/mol. The third-order valence-corrected chi connectivity index (χ3v) is 3.52. The molecule has 1 saturated carbocycles. The molecule has 1 aliphatic carbocycles. The number of benzene rings is 1. The lowest BCUT2D eigenvalue weighted by molar-refractivity contribution is -0.125. The van der Waals surface area contributed by atoms with Gasteiger partial charge in [0.25, 0.3) is 0 Å². The molecule has 1 aromatic rings. The van der Waals surface area contributed by atoms with E-state index in [4.69, 9.17) is 5.73 Å². The van der Waals surface area contributed by atoms with Gasteiger partial charge in [-0.25, -0.2) is 0 Å². The molecule has 92 valence electrons. The van der Waals surface area contributed by atoms with E-state index in [9.17, 15) is 4.79 Å². The maximum absolute atomic E-state index is 11.9. The topological polar surface area (TPSA) is 55.1 Å². The Morgan fingerprint density at radius 2 is 2.06 bits per heavy atom. The summed E-state index contributed by atoms with van der Waals surface area (Å²) in [6.07, 6.45) is 3.93. The highest BCUT2D eigenvalue weighted by molar-refractivity contribution is 5.82. The first-order valence-electron chi connectivity index (χ1n) is 6.21. The molecule has 0 saturated heterocycles. The molecule has 1 unspecified atom stereocenters. The van der Waals surface area contributed by atoms with Crippen LogP contribution in [0, 0.1) is 0 Å². The van der Waals surface area contributed by atoms with Crippen molar-refractivity contribution in [2.24, 2.45) is 5.73 Å². The maximum atomic E-state index is 11.9. The molecule has 1 aromatic carbocycles. The van der Waals surface area contributed by atoms with E-state index >= 15 is 0 Å². The SMILES string of the molecule is CC1(NC(=O)C(N)Cc2ccccc2)CCC1. The molecule has 0 spiro atoms. The first-order chi connectivity index (χ1) is 8.09. The van der Waals surface area contributed by atoms with Gasteiger partial charge in [0.05, 0.1) is 6.04 Å². The van der Waals surface area contributed by atoms with E-state index in [0.717, 1.165) is 18.4 Å². The second-order valence-electron chi connectivity index (χ2n) is 5.20. The Morgan fingerprint density at radius 3 is 2.59 bits per heavy atom. The molecule has 17 heavy (non-hydrogen) atoms. The van der Waals surface area contributed by atoms with Crippen LogP contribution in [0.3, 0.4) is 0 Å². The second-order valence-corrected chi connectivity index (χ2v) is 5.20. The minimum Gasteiger partial charge on any atom is -0.350 e. The predicted octanol–water partition coefficient (Wildman–Crippen LogP) is 1.62. The number of nitrogens with one attached hydrogen (secondary N) is 1. The fourth-order valence-corrected chi connectivity index (χ4v) is 2.18. The Kier molecular flexibility index (Phi) is 3.48. The van der Waals surface area contributed by atoms with Gasteiger partial charge in [0.1, 0.15) is 0 Å². The van der Waals surface area contributed by atoms with Crippen molar-refractivity contribution in [1.29, 1.82) is 0 Å². The highest BCUT2D eigenvalue weighted by Gasteiger charge is 2.34. The fourth-order valence-electron chi connectivity index (χ4n) is 2.18. The summed E-state index contributed by atoms with van der Waals surface area (Å²) in [6, 6.07) is 9.44. The highest BCUT2D eigenvalue weighted by atomic mass is 16.2. The molecule has 0 radical (unpaired) electrons. The van der Waals surface area contributed by atoms with Gasteiger partial charge in [0.2, 0.25) is 5.91 Å². The van der Waals surface area contributed by atoms with Crippen molar-refractivity contribution in [3.05, 3.63) is 35.9 Å². The van der Waals surface area contributed by atoms with Gasteiger partial charge in [-0.1, -0.05) is 30.3 Å². The molecule has 0 aliphatic heterocycles. The summed E-state index contributed by atoms with van der Waals surface area (Å²) in [5, 5.41) is 3.05. The van der Waals surface area contributed by atoms with Gasteiger partial charge in [-0.05, 0) is 38.2 Å². The van der Waals surface area contributed by atoms with Crippen LogP contribution in [-0.2, 0) is 11.2 Å². The normalized spacial score (nSPS) is 19.2. The van der Waals surface area contributed by atoms with Crippen LogP contribution < -0.4 is 11.1 Å². The van der Waals surface area contributed by atoms with Crippen molar-refractivity contribution in [3.63, 3.8) is 0 Å². The molecule has 3 N–H and O–H groups in total. The molecular weight excluding hydrogens is 212 g/mol. The molecule has 0 aromatic heterocycles. The lowest BCUT2D eigenvalue weighted by Crippen LogP contribution is -2.55. The van der Waals surface area contributed by atoms with Crippen LogP contribution in [-0.4, -0.2) is 17.5 Å². The zero-order chi connectivity index (χ0) is 12.3. The average Bonchev–Trinajstić information content (AvgIpc) is 2.28. The third-order valence-electron chi connectivity index (χ3n) is 3.52. The van der Waals surface area contributed by atoms with Gasteiger partial charge < -0.3 is 11.1 Å². The largest absolute Gasteiger partial charge is 0.350 e. The number of hydrogen-bond donors (Lipinski definition) is 2. The third kappa shape index (κ3) is 3.07. The molecular formula is C14H20N2O. The van der Waals surface area contributed by atoms with Crippen molar-refractivity contribution in [1.82, 2.24) is 5.32 Å². The minimum atomic E-state index is -0.449. The molecule has 3 nitrogen and oxygen atoms in total. The lowest BCUT2D eigenvalue weighted by Gasteiger charge is -2.39. The fraction of sp³-hybridized carbons (Fsp3) is 0.500. The number of nitrogens with two attached hydrogens (primary N) is 1. The van der Waals surface area contributed by atoms with E-state index in [1.807, 2.05) is 30.3 Å². The molecule has 0 heterocycles. The van der Waals surface area contributed by atoms with Gasteiger partial charge in [0.15, 0.2) is 0 Å². The van der Waals surface area contributed by atoms with Gasteiger partial charge in [-0.15, -0.1) is 0 Å². The van der Waals surface area contributed by atoms with E-state index in [1.54, 1.807) is 0 Å². The summed E-state index contributed by atoms with van der Waals surface area (Å²) in [4.78, 5) is 11.9. The van der Waals surface area contributed by atoms with Gasteiger partial charge in [0, 0.05) is 5.54 Å². The van der Waals surface area contributed by atoms with Crippen molar-refractivity contribution in [2.45, 2.75) is 44.2 Å². The molecule has 1 fully saturated rings. The monoisotopic (exact) mass is 232 g/mol. The van der Waals surface area contributed by atoms with E-state index in [-0.39, 0.29) is 11.4 Å². The Balaban J connectivity index is 1.87. The Bertz CT molecular complexity index is 384. The van der Waals surface area contributed by atoms with Crippen LogP contribution in [0.15, 0.2) is 30.3 Å². The Hall–Kier alpha value is -1.35. The standard InChI is InChI=1S/C14H20N2O/c1-14(8-5-9-14)16-13(17)12(15)10-11-6-3-2-4-7-11/h2-4,6-7,12H,5,8-10,15H2,1H3,(H,16,17). The van der Waals surface area contributed by atoms with Crippen LogP contribution in [0.5, 0.6) is 0 Å². The van der Waals surface area contributed by atoms with Crippen molar-refractivity contribution < 1.29 is 4.79 Å². The summed E-state index contributed by atoms with van der Waals surface area (Å²) < 4.78 is 0. The maximum Gasteiger partial charge on any atom is 0.237 e. The zero-order valence-electron chi connectivity index (χ0n) is 10.3. The molecule has 2 rings (SSSR count). The van der Waals surface area contributed by atoms with Crippen molar-refractivity contribution in [2.75, 3.05) is 0 Å². The van der Waals surface area contributed by atoms with Crippen molar-refractivity contribution >= 4 is 5.91 Å². The van der Waals surface area contributed by atoms with Crippen LogP contribution in [0.2, 0.25) is 0 Å². The zero-order valence-corrected chi connectivity index (χ0v) is 10.3. The predicted molar refractivity (Wildman–Crippen MR) is 68.5 cm³/mol. The number of amides is 1. The van der Waals surface area contributed by atoms with Crippen LogP contribution in [0.4, 0.5) is 0 Å². The molecule has 1 atom stereocenters. The van der Waals surface area contributed by atoms with E-state index in [0.29, 0.717) is 6.42 Å².